The number of rotatable bonds is 2. The van der Waals surface area contributed by atoms with Crippen LogP contribution in [0.5, 0.6) is 0 Å². The average Bonchev–Trinajstić information content (AvgIpc) is 2.38. The van der Waals surface area contributed by atoms with Gasteiger partial charge in [0.15, 0.2) is 0 Å². The first-order valence-electron chi connectivity index (χ1n) is 6.33. The Kier molecular flexibility index (Phi) is 4.10. The molecule has 0 spiro atoms. The molecule has 1 aromatic rings. The van der Waals surface area contributed by atoms with Gasteiger partial charge >= 0.3 is 0 Å². The molecule has 0 bridgehead atoms. The molecule has 1 aromatic carbocycles. The van der Waals surface area contributed by atoms with Crippen molar-refractivity contribution in [3.05, 3.63) is 34.9 Å². The van der Waals surface area contributed by atoms with Crippen LogP contribution in [0.25, 0.3) is 0 Å². The van der Waals surface area contributed by atoms with E-state index in [1.54, 1.807) is 34.1 Å². The van der Waals surface area contributed by atoms with Gasteiger partial charge in [0.25, 0.3) is 5.91 Å². The van der Waals surface area contributed by atoms with Crippen LogP contribution < -0.4 is 0 Å². The predicted octanol–water partition coefficient (Wildman–Crippen LogP) is 2.03. The highest BCUT2D eigenvalue weighted by molar-refractivity contribution is 6.30. The van der Waals surface area contributed by atoms with Crippen molar-refractivity contribution in [3.8, 4) is 0 Å². The van der Waals surface area contributed by atoms with Crippen molar-refractivity contribution in [3.63, 3.8) is 0 Å². The molecule has 0 N–H and O–H groups in total. The van der Waals surface area contributed by atoms with Gasteiger partial charge in [0.2, 0.25) is 5.91 Å². The zero-order valence-electron chi connectivity index (χ0n) is 11.1. The Morgan fingerprint density at radius 2 is 1.84 bits per heavy atom. The van der Waals surface area contributed by atoms with Crippen LogP contribution in [0.3, 0.4) is 0 Å². The third-order valence-electron chi connectivity index (χ3n) is 3.26. The zero-order chi connectivity index (χ0) is 14.0. The Labute approximate surface area is 117 Å². The van der Waals surface area contributed by atoms with Crippen LogP contribution in [0.15, 0.2) is 24.3 Å². The van der Waals surface area contributed by atoms with Crippen molar-refractivity contribution in [2.45, 2.75) is 19.9 Å². The van der Waals surface area contributed by atoms with Crippen molar-refractivity contribution in [1.82, 2.24) is 9.80 Å². The number of hydrogen-bond donors (Lipinski definition) is 0. The maximum atomic E-state index is 12.2. The molecule has 1 aliphatic heterocycles. The predicted molar refractivity (Wildman–Crippen MR) is 74.2 cm³/mol. The van der Waals surface area contributed by atoms with Gasteiger partial charge in [0.1, 0.15) is 6.54 Å². The van der Waals surface area contributed by atoms with Crippen LogP contribution >= 0.6 is 11.6 Å². The molecular formula is C14H17ClN2O2. The summed E-state index contributed by atoms with van der Waals surface area (Å²) < 4.78 is 0. The summed E-state index contributed by atoms with van der Waals surface area (Å²) in [5, 5.41) is 0.595. The highest BCUT2D eigenvalue weighted by Crippen LogP contribution is 2.14. The number of carbonyl (C=O) groups is 2. The van der Waals surface area contributed by atoms with E-state index >= 15 is 0 Å². The van der Waals surface area contributed by atoms with Crippen molar-refractivity contribution >= 4 is 23.4 Å². The summed E-state index contributed by atoms with van der Waals surface area (Å²) in [5.41, 5.74) is 0.565. The van der Waals surface area contributed by atoms with Gasteiger partial charge in [-0.15, -0.1) is 0 Å². The minimum absolute atomic E-state index is 0.00330. The quantitative estimate of drug-likeness (QED) is 0.832. The fraction of sp³-hybridized carbons (Fsp3) is 0.429. The lowest BCUT2D eigenvalue weighted by Crippen LogP contribution is -2.54. The van der Waals surface area contributed by atoms with Gasteiger partial charge in [0, 0.05) is 29.7 Å². The maximum Gasteiger partial charge on any atom is 0.254 e. The number of amides is 2. The number of carbonyl (C=O) groups excluding carboxylic acids is 2. The summed E-state index contributed by atoms with van der Waals surface area (Å²) in [6, 6.07) is 6.91. The fourth-order valence-electron chi connectivity index (χ4n) is 2.18. The van der Waals surface area contributed by atoms with E-state index in [1.165, 1.54) is 0 Å². The van der Waals surface area contributed by atoms with E-state index in [4.69, 9.17) is 11.6 Å². The zero-order valence-corrected chi connectivity index (χ0v) is 11.9. The van der Waals surface area contributed by atoms with Gasteiger partial charge in [-0.05, 0) is 38.1 Å². The molecule has 2 amide bonds. The Bertz CT molecular complexity index is 485. The first-order chi connectivity index (χ1) is 8.99. The molecule has 19 heavy (non-hydrogen) atoms. The molecule has 102 valence electrons. The molecule has 2 rings (SSSR count). The van der Waals surface area contributed by atoms with Crippen molar-refractivity contribution in [1.29, 1.82) is 0 Å². The van der Waals surface area contributed by atoms with Crippen LogP contribution in [0.1, 0.15) is 24.2 Å². The number of piperazine rings is 1. The van der Waals surface area contributed by atoms with Crippen molar-refractivity contribution < 1.29 is 9.59 Å². The summed E-state index contributed by atoms with van der Waals surface area (Å²) in [6.07, 6.45) is 0. The molecule has 0 unspecified atom stereocenters. The van der Waals surface area contributed by atoms with Gasteiger partial charge in [-0.25, -0.2) is 0 Å². The third-order valence-corrected chi connectivity index (χ3v) is 3.51. The molecule has 1 fully saturated rings. The lowest BCUT2D eigenvalue weighted by atomic mass is 10.1. The molecule has 1 heterocycles. The van der Waals surface area contributed by atoms with Crippen LogP contribution in [-0.2, 0) is 4.79 Å². The number of nitrogens with zero attached hydrogens (tertiary/aromatic N) is 2. The van der Waals surface area contributed by atoms with Crippen LogP contribution in [0.4, 0.5) is 0 Å². The second-order valence-electron chi connectivity index (χ2n) is 4.91. The van der Waals surface area contributed by atoms with Crippen molar-refractivity contribution in [2.24, 2.45) is 0 Å². The lowest BCUT2D eigenvalue weighted by Gasteiger charge is -2.36. The minimum Gasteiger partial charge on any atom is -0.337 e. The Balaban J connectivity index is 2.06. The average molecular weight is 281 g/mol. The summed E-state index contributed by atoms with van der Waals surface area (Å²) in [6.45, 7) is 5.28. The minimum atomic E-state index is -0.117. The van der Waals surface area contributed by atoms with E-state index < -0.39 is 0 Å². The Hall–Kier alpha value is -1.55. The second-order valence-corrected chi connectivity index (χ2v) is 5.35. The molecule has 0 saturated carbocycles. The highest BCUT2D eigenvalue weighted by atomic mass is 35.5. The molecule has 5 heteroatoms. The summed E-state index contributed by atoms with van der Waals surface area (Å²) in [7, 11) is 0. The highest BCUT2D eigenvalue weighted by Gasteiger charge is 2.28. The smallest absolute Gasteiger partial charge is 0.254 e. The molecule has 0 aromatic heterocycles. The molecule has 1 saturated heterocycles. The second kappa shape index (κ2) is 5.61. The van der Waals surface area contributed by atoms with Crippen LogP contribution in [0, 0.1) is 0 Å². The number of halogens is 1. The lowest BCUT2D eigenvalue weighted by molar-refractivity contribution is -0.136. The van der Waals surface area contributed by atoms with Crippen LogP contribution in [-0.4, -0.2) is 47.3 Å². The van der Waals surface area contributed by atoms with Gasteiger partial charge in [-0.3, -0.25) is 9.59 Å². The normalized spacial score (nSPS) is 16.1. The largest absolute Gasteiger partial charge is 0.337 e. The summed E-state index contributed by atoms with van der Waals surface area (Å²) in [5.74, 6) is -0.114. The van der Waals surface area contributed by atoms with E-state index in [0.29, 0.717) is 23.7 Å². The fourth-order valence-corrected chi connectivity index (χ4v) is 2.31. The van der Waals surface area contributed by atoms with E-state index in [-0.39, 0.29) is 24.4 Å². The summed E-state index contributed by atoms with van der Waals surface area (Å²) >= 11 is 5.79. The van der Waals surface area contributed by atoms with Gasteiger partial charge in [0.05, 0.1) is 0 Å². The molecule has 0 atom stereocenters. The standard InChI is InChI=1S/C14H17ClN2O2/c1-10(2)17-8-7-16(9-13(17)18)14(19)11-3-5-12(15)6-4-11/h3-6,10H,7-9H2,1-2H3. The molecule has 1 aliphatic rings. The monoisotopic (exact) mass is 280 g/mol. The number of benzene rings is 1. The topological polar surface area (TPSA) is 40.6 Å². The first kappa shape index (κ1) is 13.9. The van der Waals surface area contributed by atoms with E-state index in [9.17, 15) is 9.59 Å². The van der Waals surface area contributed by atoms with Crippen LogP contribution in [0.2, 0.25) is 5.02 Å². The summed E-state index contributed by atoms with van der Waals surface area (Å²) in [4.78, 5) is 27.6. The van der Waals surface area contributed by atoms with E-state index in [2.05, 4.69) is 0 Å². The van der Waals surface area contributed by atoms with Crippen molar-refractivity contribution in [2.75, 3.05) is 19.6 Å². The molecule has 0 aliphatic carbocycles. The first-order valence-corrected chi connectivity index (χ1v) is 6.71. The molecule has 0 radical (unpaired) electrons. The molecule has 4 nitrogen and oxygen atoms in total. The van der Waals surface area contributed by atoms with Gasteiger partial charge in [-0.2, -0.15) is 0 Å². The third kappa shape index (κ3) is 3.07. The van der Waals surface area contributed by atoms with E-state index in [0.717, 1.165) is 0 Å². The van der Waals surface area contributed by atoms with E-state index in [1.807, 2.05) is 13.8 Å². The molecular weight excluding hydrogens is 264 g/mol. The Morgan fingerprint density at radius 3 is 2.37 bits per heavy atom. The maximum absolute atomic E-state index is 12.2. The Morgan fingerprint density at radius 1 is 1.21 bits per heavy atom. The van der Waals surface area contributed by atoms with Gasteiger partial charge < -0.3 is 9.80 Å². The van der Waals surface area contributed by atoms with Gasteiger partial charge in [-0.1, -0.05) is 11.6 Å². The number of hydrogen-bond acceptors (Lipinski definition) is 2. The SMILES string of the molecule is CC(C)N1CCN(C(=O)c2ccc(Cl)cc2)CC1=O.